The summed E-state index contributed by atoms with van der Waals surface area (Å²) in [5.41, 5.74) is 1.73. The number of hydrogen-bond acceptors (Lipinski definition) is 5. The van der Waals surface area contributed by atoms with Gasteiger partial charge in [0, 0.05) is 12.4 Å². The normalized spacial score (nSPS) is 10.0. The Morgan fingerprint density at radius 3 is 2.65 bits per heavy atom. The zero-order chi connectivity index (χ0) is 14.6. The highest BCUT2D eigenvalue weighted by atomic mass is 32.2. The Hall–Kier alpha value is -1.51. The molecule has 1 rings (SSSR count). The maximum atomic E-state index is 11.4. The molecule has 0 fully saturated rings. The molecule has 0 aliphatic carbocycles. The Balaban J connectivity index is 2.10. The van der Waals surface area contributed by atoms with Crippen molar-refractivity contribution in [2.24, 2.45) is 0 Å². The lowest BCUT2D eigenvalue weighted by Gasteiger charge is -2.05. The van der Waals surface area contributed by atoms with E-state index in [-0.39, 0.29) is 5.97 Å². The van der Waals surface area contributed by atoms with Crippen molar-refractivity contribution in [2.45, 2.75) is 19.1 Å². The average molecular weight is 293 g/mol. The summed E-state index contributed by atoms with van der Waals surface area (Å²) in [5, 5.41) is 8.69. The molecule has 0 bridgehead atoms. The molecule has 0 aliphatic rings. The van der Waals surface area contributed by atoms with Gasteiger partial charge in [-0.2, -0.15) is 5.26 Å². The van der Waals surface area contributed by atoms with Gasteiger partial charge < -0.3 is 9.47 Å². The number of nitriles is 1. The maximum Gasteiger partial charge on any atom is 0.315 e. The fourth-order valence-corrected chi connectivity index (χ4v) is 2.21. The third-order valence-corrected chi connectivity index (χ3v) is 3.39. The van der Waals surface area contributed by atoms with Crippen LogP contribution in [0.25, 0.3) is 0 Å². The lowest BCUT2D eigenvalue weighted by atomic mass is 10.2. The van der Waals surface area contributed by atoms with E-state index in [2.05, 4.69) is 6.07 Å². The number of benzene rings is 1. The van der Waals surface area contributed by atoms with Gasteiger partial charge in [0.05, 0.1) is 24.0 Å². The number of ether oxygens (including phenoxy) is 2. The van der Waals surface area contributed by atoms with Gasteiger partial charge >= 0.3 is 5.97 Å². The number of hydrogen-bond donors (Lipinski definition) is 0. The molecule has 0 radical (unpaired) electrons. The molecule has 0 heterocycles. The molecular formula is C15H19NO3S. The van der Waals surface area contributed by atoms with Gasteiger partial charge in [-0.15, -0.1) is 11.8 Å². The summed E-state index contributed by atoms with van der Waals surface area (Å²) >= 11 is 1.50. The molecule has 4 nitrogen and oxygen atoms in total. The second kappa shape index (κ2) is 10.3. The number of rotatable bonds is 9. The quantitative estimate of drug-likeness (QED) is 0.517. The lowest BCUT2D eigenvalue weighted by Crippen LogP contribution is -2.12. The summed E-state index contributed by atoms with van der Waals surface area (Å²) in [4.78, 5) is 11.4. The van der Waals surface area contributed by atoms with E-state index in [0.717, 1.165) is 17.7 Å². The van der Waals surface area contributed by atoms with Gasteiger partial charge in [0.1, 0.15) is 6.61 Å². The predicted molar refractivity (Wildman–Crippen MR) is 79.4 cm³/mol. The molecule has 1 aromatic carbocycles. The topological polar surface area (TPSA) is 59.3 Å². The van der Waals surface area contributed by atoms with Gasteiger partial charge in [-0.3, -0.25) is 4.79 Å². The minimum atomic E-state index is -0.219. The summed E-state index contributed by atoms with van der Waals surface area (Å²) in [6.07, 6.45) is 0.967. The maximum absolute atomic E-state index is 11.4. The van der Waals surface area contributed by atoms with Gasteiger partial charge in [-0.05, 0) is 24.1 Å². The Labute approximate surface area is 124 Å². The van der Waals surface area contributed by atoms with Gasteiger partial charge in [0.15, 0.2) is 0 Å². The summed E-state index contributed by atoms with van der Waals surface area (Å²) in [5.74, 6) is 0.838. The van der Waals surface area contributed by atoms with Crippen LogP contribution >= 0.6 is 11.8 Å². The van der Waals surface area contributed by atoms with Crippen LogP contribution in [0.5, 0.6) is 0 Å². The molecule has 1 aromatic rings. The van der Waals surface area contributed by atoms with Crippen molar-refractivity contribution in [3.63, 3.8) is 0 Å². The molecule has 0 atom stereocenters. The van der Waals surface area contributed by atoms with Crippen LogP contribution in [0.15, 0.2) is 24.3 Å². The fourth-order valence-electron chi connectivity index (χ4n) is 1.43. The molecule has 108 valence electrons. The van der Waals surface area contributed by atoms with Crippen molar-refractivity contribution in [1.29, 1.82) is 5.26 Å². The Kier molecular flexibility index (Phi) is 8.52. The molecule has 0 unspecified atom stereocenters. The lowest BCUT2D eigenvalue weighted by molar-refractivity contribution is -0.141. The third kappa shape index (κ3) is 7.17. The zero-order valence-electron chi connectivity index (χ0n) is 11.6. The van der Waals surface area contributed by atoms with Crippen molar-refractivity contribution >= 4 is 17.7 Å². The van der Waals surface area contributed by atoms with Gasteiger partial charge in [0.25, 0.3) is 0 Å². The van der Waals surface area contributed by atoms with E-state index in [0.29, 0.717) is 31.1 Å². The van der Waals surface area contributed by atoms with Gasteiger partial charge in [0.2, 0.25) is 0 Å². The largest absolute Gasteiger partial charge is 0.463 e. The Morgan fingerprint density at radius 1 is 1.25 bits per heavy atom. The Morgan fingerprint density at radius 2 is 2.00 bits per heavy atom. The highest BCUT2D eigenvalue weighted by Gasteiger charge is 2.03. The number of esters is 1. The molecule has 20 heavy (non-hydrogen) atoms. The first-order chi connectivity index (χ1) is 9.76. The average Bonchev–Trinajstić information content (AvgIpc) is 2.48. The van der Waals surface area contributed by atoms with E-state index in [9.17, 15) is 4.79 Å². The number of nitrogens with zero attached hydrogens (tertiary/aromatic N) is 1. The van der Waals surface area contributed by atoms with Gasteiger partial charge in [-0.25, -0.2) is 0 Å². The van der Waals surface area contributed by atoms with Crippen LogP contribution in [0, 0.1) is 11.3 Å². The predicted octanol–water partition coefficient (Wildman–Crippen LogP) is 2.76. The van der Waals surface area contributed by atoms with E-state index in [4.69, 9.17) is 14.7 Å². The van der Waals surface area contributed by atoms with E-state index in [1.807, 2.05) is 19.1 Å². The van der Waals surface area contributed by atoms with Crippen molar-refractivity contribution in [2.75, 3.05) is 25.6 Å². The second-order valence-corrected chi connectivity index (χ2v) is 5.12. The van der Waals surface area contributed by atoms with E-state index < -0.39 is 0 Å². The van der Waals surface area contributed by atoms with E-state index >= 15 is 0 Å². The van der Waals surface area contributed by atoms with Crippen LogP contribution in [-0.2, 0) is 20.0 Å². The van der Waals surface area contributed by atoms with Crippen LogP contribution in [0.3, 0.4) is 0 Å². The highest BCUT2D eigenvalue weighted by Crippen LogP contribution is 2.13. The third-order valence-electron chi connectivity index (χ3n) is 2.41. The molecule has 0 saturated heterocycles. The minimum Gasteiger partial charge on any atom is -0.463 e. The smallest absolute Gasteiger partial charge is 0.315 e. The van der Waals surface area contributed by atoms with Gasteiger partial charge in [-0.1, -0.05) is 19.1 Å². The number of thioether (sulfide) groups is 1. The summed E-state index contributed by atoms with van der Waals surface area (Å²) in [6, 6.07) is 9.42. The molecule has 0 aliphatic heterocycles. The number of carbonyl (C=O) groups excluding carboxylic acids is 1. The zero-order valence-corrected chi connectivity index (χ0v) is 12.4. The molecular weight excluding hydrogens is 274 g/mol. The van der Waals surface area contributed by atoms with Crippen molar-refractivity contribution in [1.82, 2.24) is 0 Å². The van der Waals surface area contributed by atoms with Crippen LogP contribution < -0.4 is 0 Å². The first-order valence-electron chi connectivity index (χ1n) is 6.56. The minimum absolute atomic E-state index is 0.219. The first kappa shape index (κ1) is 16.5. The van der Waals surface area contributed by atoms with Crippen LogP contribution in [0.4, 0.5) is 0 Å². The molecule has 0 saturated carbocycles. The number of carbonyl (C=O) groups is 1. The van der Waals surface area contributed by atoms with Crippen LogP contribution in [0.2, 0.25) is 0 Å². The fraction of sp³-hybridized carbons (Fsp3) is 0.467. The highest BCUT2D eigenvalue weighted by molar-refractivity contribution is 7.99. The van der Waals surface area contributed by atoms with Crippen LogP contribution in [-0.4, -0.2) is 31.5 Å². The second-order valence-electron chi connectivity index (χ2n) is 4.13. The molecule has 5 heteroatoms. The monoisotopic (exact) mass is 293 g/mol. The van der Waals surface area contributed by atoms with Crippen LogP contribution in [0.1, 0.15) is 24.5 Å². The SMILES string of the molecule is CCCOCCOC(=O)CSCc1ccc(C#N)cc1. The summed E-state index contributed by atoms with van der Waals surface area (Å²) in [7, 11) is 0. The molecule has 0 aromatic heterocycles. The molecule has 0 N–H and O–H groups in total. The first-order valence-corrected chi connectivity index (χ1v) is 7.72. The van der Waals surface area contributed by atoms with Crippen molar-refractivity contribution in [3.05, 3.63) is 35.4 Å². The molecule has 0 amide bonds. The van der Waals surface area contributed by atoms with E-state index in [1.54, 1.807) is 12.1 Å². The van der Waals surface area contributed by atoms with Crippen molar-refractivity contribution < 1.29 is 14.3 Å². The standard InChI is InChI=1S/C15H19NO3S/c1-2-7-18-8-9-19-15(17)12-20-11-14-5-3-13(10-16)4-6-14/h3-6H,2,7-9,11-12H2,1H3. The summed E-state index contributed by atoms with van der Waals surface area (Å²) in [6.45, 7) is 3.51. The van der Waals surface area contributed by atoms with E-state index in [1.165, 1.54) is 11.8 Å². The Bertz CT molecular complexity index is 439. The summed E-state index contributed by atoms with van der Waals surface area (Å²) < 4.78 is 10.3. The van der Waals surface area contributed by atoms with Crippen molar-refractivity contribution in [3.8, 4) is 6.07 Å². The molecule has 0 spiro atoms.